The van der Waals surface area contributed by atoms with E-state index in [1.807, 2.05) is 24.3 Å². The Bertz CT molecular complexity index is 893. The molecule has 1 heterocycles. The molecule has 4 rings (SSSR count). The summed E-state index contributed by atoms with van der Waals surface area (Å²) in [7, 11) is 0. The standard InChI is InChI=1S/C20H17FO3/c21-18-9-13(11-22)4-6-17(18)20-10-15-8-14(5-7-19(15)24-20)12-23-16-2-1-3-16/h4-11,16H,1-3,12H2. The minimum absolute atomic E-state index is 0.308. The Labute approximate surface area is 139 Å². The van der Waals surface area contributed by atoms with E-state index in [0.29, 0.717) is 41.5 Å². The monoisotopic (exact) mass is 324 g/mol. The first-order valence-electron chi connectivity index (χ1n) is 8.12. The van der Waals surface area contributed by atoms with E-state index in [4.69, 9.17) is 9.15 Å². The van der Waals surface area contributed by atoms with E-state index < -0.39 is 5.82 Å². The highest BCUT2D eigenvalue weighted by molar-refractivity contribution is 5.84. The van der Waals surface area contributed by atoms with Crippen molar-refractivity contribution in [1.82, 2.24) is 0 Å². The number of carbonyl (C=O) groups is 1. The van der Waals surface area contributed by atoms with Crippen molar-refractivity contribution in [2.24, 2.45) is 0 Å². The number of hydrogen-bond acceptors (Lipinski definition) is 3. The van der Waals surface area contributed by atoms with Crippen LogP contribution in [-0.2, 0) is 11.3 Å². The van der Waals surface area contributed by atoms with E-state index in [-0.39, 0.29) is 0 Å². The average molecular weight is 324 g/mol. The second kappa shape index (κ2) is 6.21. The molecular weight excluding hydrogens is 307 g/mol. The number of ether oxygens (including phenoxy) is 1. The van der Waals surface area contributed by atoms with Gasteiger partial charge in [0.2, 0.25) is 0 Å². The van der Waals surface area contributed by atoms with Gasteiger partial charge in [-0.15, -0.1) is 0 Å². The minimum Gasteiger partial charge on any atom is -0.456 e. The highest BCUT2D eigenvalue weighted by atomic mass is 19.1. The van der Waals surface area contributed by atoms with Crippen molar-refractivity contribution in [2.75, 3.05) is 0 Å². The summed E-state index contributed by atoms with van der Waals surface area (Å²) in [5, 5.41) is 0.915. The highest BCUT2D eigenvalue weighted by Crippen LogP contribution is 2.31. The molecule has 0 bridgehead atoms. The summed E-state index contributed by atoms with van der Waals surface area (Å²) in [6, 6.07) is 12.1. The van der Waals surface area contributed by atoms with Gasteiger partial charge in [-0.25, -0.2) is 4.39 Å². The third-order valence-electron chi connectivity index (χ3n) is 4.51. The number of furan rings is 1. The molecule has 1 aliphatic carbocycles. The third kappa shape index (κ3) is 2.85. The molecule has 0 unspecified atom stereocenters. The number of fused-ring (bicyclic) bond motifs is 1. The van der Waals surface area contributed by atoms with Gasteiger partial charge in [-0.05, 0) is 55.2 Å². The predicted molar refractivity (Wildman–Crippen MR) is 89.4 cm³/mol. The zero-order chi connectivity index (χ0) is 16.5. The second-order valence-electron chi connectivity index (χ2n) is 6.20. The molecule has 1 aliphatic rings. The van der Waals surface area contributed by atoms with Crippen LogP contribution in [0.25, 0.3) is 22.3 Å². The van der Waals surface area contributed by atoms with Gasteiger partial charge in [0.05, 0.1) is 18.3 Å². The summed E-state index contributed by atoms with van der Waals surface area (Å²) in [5.41, 5.74) is 2.45. The van der Waals surface area contributed by atoms with E-state index in [9.17, 15) is 9.18 Å². The normalized spacial score (nSPS) is 14.7. The topological polar surface area (TPSA) is 39.4 Å². The van der Waals surface area contributed by atoms with Gasteiger partial charge in [-0.3, -0.25) is 4.79 Å². The summed E-state index contributed by atoms with van der Waals surface area (Å²) in [6.07, 6.45) is 4.57. The fourth-order valence-corrected chi connectivity index (χ4v) is 2.87. The molecule has 0 spiro atoms. The zero-order valence-electron chi connectivity index (χ0n) is 13.1. The number of rotatable bonds is 5. The molecule has 0 radical (unpaired) electrons. The molecule has 3 aromatic rings. The van der Waals surface area contributed by atoms with Crippen LogP contribution in [0.4, 0.5) is 4.39 Å². The summed E-state index contributed by atoms with van der Waals surface area (Å²) in [5.74, 6) is -0.00999. The van der Waals surface area contributed by atoms with Crippen molar-refractivity contribution in [3.05, 3.63) is 59.4 Å². The van der Waals surface area contributed by atoms with Gasteiger partial charge in [0.1, 0.15) is 23.4 Å². The van der Waals surface area contributed by atoms with Crippen LogP contribution in [0.1, 0.15) is 35.2 Å². The first-order chi connectivity index (χ1) is 11.7. The van der Waals surface area contributed by atoms with Gasteiger partial charge >= 0.3 is 0 Å². The lowest BCUT2D eigenvalue weighted by Crippen LogP contribution is -2.21. The van der Waals surface area contributed by atoms with Gasteiger partial charge in [-0.1, -0.05) is 12.1 Å². The molecule has 1 fully saturated rings. The van der Waals surface area contributed by atoms with Crippen molar-refractivity contribution in [2.45, 2.75) is 32.0 Å². The molecular formula is C20H17FO3. The fourth-order valence-electron chi connectivity index (χ4n) is 2.87. The van der Waals surface area contributed by atoms with Crippen LogP contribution in [0.15, 0.2) is 46.9 Å². The van der Waals surface area contributed by atoms with Crippen LogP contribution in [0.3, 0.4) is 0 Å². The van der Waals surface area contributed by atoms with Gasteiger partial charge < -0.3 is 9.15 Å². The van der Waals surface area contributed by atoms with Crippen LogP contribution < -0.4 is 0 Å². The number of hydrogen-bond donors (Lipinski definition) is 0. The van der Waals surface area contributed by atoms with Crippen molar-refractivity contribution in [3.8, 4) is 11.3 Å². The Kier molecular flexibility index (Phi) is 3.90. The number of halogens is 1. The summed E-state index contributed by atoms with van der Waals surface area (Å²) >= 11 is 0. The van der Waals surface area contributed by atoms with Crippen LogP contribution >= 0.6 is 0 Å². The molecule has 1 saturated carbocycles. The maximum absolute atomic E-state index is 14.1. The van der Waals surface area contributed by atoms with E-state index in [2.05, 4.69) is 0 Å². The smallest absolute Gasteiger partial charge is 0.150 e. The summed E-state index contributed by atoms with van der Waals surface area (Å²) in [4.78, 5) is 10.7. The first kappa shape index (κ1) is 15.1. The van der Waals surface area contributed by atoms with Gasteiger partial charge in [0.25, 0.3) is 0 Å². The first-order valence-corrected chi connectivity index (χ1v) is 8.12. The van der Waals surface area contributed by atoms with E-state index in [1.54, 1.807) is 12.1 Å². The fraction of sp³-hybridized carbons (Fsp3) is 0.250. The molecule has 0 saturated heterocycles. The number of aldehydes is 1. The number of carbonyl (C=O) groups excluding carboxylic acids is 1. The SMILES string of the molecule is O=Cc1ccc(-c2cc3cc(COC4CCC4)ccc3o2)c(F)c1. The largest absolute Gasteiger partial charge is 0.456 e. The molecule has 3 nitrogen and oxygen atoms in total. The maximum atomic E-state index is 14.1. The molecule has 2 aromatic carbocycles. The molecule has 0 N–H and O–H groups in total. The highest BCUT2D eigenvalue weighted by Gasteiger charge is 2.18. The Balaban J connectivity index is 1.61. The quantitative estimate of drug-likeness (QED) is 0.611. The molecule has 1 aromatic heterocycles. The van der Waals surface area contributed by atoms with Gasteiger partial charge in [-0.2, -0.15) is 0 Å². The van der Waals surface area contributed by atoms with Crippen LogP contribution in [0, 0.1) is 5.82 Å². The third-order valence-corrected chi connectivity index (χ3v) is 4.51. The number of benzene rings is 2. The van der Waals surface area contributed by atoms with Gasteiger partial charge in [0.15, 0.2) is 0 Å². The lowest BCUT2D eigenvalue weighted by atomic mass is 9.96. The molecule has 24 heavy (non-hydrogen) atoms. The summed E-state index contributed by atoms with van der Waals surface area (Å²) < 4.78 is 25.7. The Morgan fingerprint density at radius 1 is 1.17 bits per heavy atom. The van der Waals surface area contributed by atoms with Crippen molar-refractivity contribution >= 4 is 17.3 Å². The van der Waals surface area contributed by atoms with Crippen molar-refractivity contribution in [1.29, 1.82) is 0 Å². The van der Waals surface area contributed by atoms with Crippen LogP contribution in [-0.4, -0.2) is 12.4 Å². The second-order valence-corrected chi connectivity index (χ2v) is 6.20. The Hall–Kier alpha value is -2.46. The summed E-state index contributed by atoms with van der Waals surface area (Å²) in [6.45, 7) is 0.587. The minimum atomic E-state index is -0.466. The Morgan fingerprint density at radius 2 is 2.04 bits per heavy atom. The Morgan fingerprint density at radius 3 is 2.75 bits per heavy atom. The van der Waals surface area contributed by atoms with Gasteiger partial charge in [0, 0.05) is 10.9 Å². The van der Waals surface area contributed by atoms with Crippen LogP contribution in [0.2, 0.25) is 0 Å². The average Bonchev–Trinajstić information content (AvgIpc) is 2.96. The molecule has 122 valence electrons. The lowest BCUT2D eigenvalue weighted by Gasteiger charge is -2.25. The molecule has 4 heteroatoms. The van der Waals surface area contributed by atoms with E-state index in [1.165, 1.54) is 12.5 Å². The van der Waals surface area contributed by atoms with Crippen molar-refractivity contribution in [3.63, 3.8) is 0 Å². The zero-order valence-corrected chi connectivity index (χ0v) is 13.1. The molecule has 0 atom stereocenters. The molecule has 0 aliphatic heterocycles. The van der Waals surface area contributed by atoms with Crippen molar-refractivity contribution < 1.29 is 18.3 Å². The maximum Gasteiger partial charge on any atom is 0.150 e. The predicted octanol–water partition coefficient (Wildman–Crippen LogP) is 5.12. The van der Waals surface area contributed by atoms with E-state index >= 15 is 0 Å². The van der Waals surface area contributed by atoms with E-state index in [0.717, 1.165) is 23.8 Å². The lowest BCUT2D eigenvalue weighted by molar-refractivity contribution is -0.00862. The molecule has 0 amide bonds. The van der Waals surface area contributed by atoms with Crippen LogP contribution in [0.5, 0.6) is 0 Å².